The number of nitrogens with zero attached hydrogens (tertiary/aromatic N) is 1. The Labute approximate surface area is 245 Å². The van der Waals surface area contributed by atoms with E-state index in [9.17, 15) is 9.59 Å². The fourth-order valence-corrected chi connectivity index (χ4v) is 5.50. The number of ether oxygens (including phenoxy) is 2. The van der Waals surface area contributed by atoms with Gasteiger partial charge in [-0.3, -0.25) is 9.59 Å². The predicted octanol–water partition coefficient (Wildman–Crippen LogP) is 6.46. The van der Waals surface area contributed by atoms with Crippen LogP contribution >= 0.6 is 0 Å². The van der Waals surface area contributed by atoms with E-state index in [0.717, 1.165) is 42.4 Å². The molecule has 6 heteroatoms. The summed E-state index contributed by atoms with van der Waals surface area (Å²) in [6.07, 6.45) is 5.78. The van der Waals surface area contributed by atoms with Gasteiger partial charge in [-0.25, -0.2) is 0 Å². The summed E-state index contributed by atoms with van der Waals surface area (Å²) in [5, 5.41) is 3.29. The molecule has 1 N–H and O–H groups in total. The zero-order chi connectivity index (χ0) is 29.2. The highest BCUT2D eigenvalue weighted by Gasteiger charge is 2.32. The van der Waals surface area contributed by atoms with Crippen molar-refractivity contribution in [2.24, 2.45) is 0 Å². The second-order valence-corrected chi connectivity index (χ2v) is 12.0. The Bertz CT molecular complexity index is 1280. The third kappa shape index (κ3) is 8.59. The van der Waals surface area contributed by atoms with E-state index in [1.807, 2.05) is 78.9 Å². The molecule has 4 rings (SSSR count). The van der Waals surface area contributed by atoms with Gasteiger partial charge in [0.2, 0.25) is 5.91 Å². The zero-order valence-electron chi connectivity index (χ0n) is 24.9. The smallest absolute Gasteiger partial charge is 0.261 e. The molecule has 0 bridgehead atoms. The Morgan fingerprint density at radius 3 is 2.29 bits per heavy atom. The molecule has 0 radical (unpaired) electrons. The summed E-state index contributed by atoms with van der Waals surface area (Å²) in [6.45, 7) is 6.46. The summed E-state index contributed by atoms with van der Waals surface area (Å²) in [5.41, 5.74) is 2.77. The van der Waals surface area contributed by atoms with Gasteiger partial charge in [-0.2, -0.15) is 0 Å². The number of rotatable bonds is 11. The molecule has 1 fully saturated rings. The number of benzene rings is 3. The topological polar surface area (TPSA) is 67.9 Å². The predicted molar refractivity (Wildman–Crippen MR) is 163 cm³/mol. The highest BCUT2D eigenvalue weighted by Crippen LogP contribution is 2.31. The summed E-state index contributed by atoms with van der Waals surface area (Å²) in [7, 11) is 1.62. The van der Waals surface area contributed by atoms with E-state index in [-0.39, 0.29) is 36.4 Å². The summed E-state index contributed by atoms with van der Waals surface area (Å²) in [4.78, 5) is 29.7. The monoisotopic (exact) mass is 556 g/mol. The second kappa shape index (κ2) is 14.2. The molecule has 1 atom stereocenters. The summed E-state index contributed by atoms with van der Waals surface area (Å²) in [5.74, 6) is 1.03. The van der Waals surface area contributed by atoms with Gasteiger partial charge in [-0.05, 0) is 53.1 Å². The third-order valence-electron chi connectivity index (χ3n) is 7.76. The van der Waals surface area contributed by atoms with Crippen LogP contribution < -0.4 is 14.8 Å². The lowest BCUT2D eigenvalue weighted by atomic mass is 9.86. The van der Waals surface area contributed by atoms with E-state index < -0.39 is 6.04 Å². The van der Waals surface area contributed by atoms with Gasteiger partial charge in [0.25, 0.3) is 5.91 Å². The first-order valence-corrected chi connectivity index (χ1v) is 14.7. The molecule has 41 heavy (non-hydrogen) atoms. The van der Waals surface area contributed by atoms with Crippen molar-refractivity contribution in [3.05, 3.63) is 95.6 Å². The van der Waals surface area contributed by atoms with E-state index >= 15 is 0 Å². The average Bonchev–Trinajstić information content (AvgIpc) is 2.98. The molecule has 3 aromatic carbocycles. The van der Waals surface area contributed by atoms with Crippen LogP contribution in [0.3, 0.4) is 0 Å². The summed E-state index contributed by atoms with van der Waals surface area (Å²) >= 11 is 0. The van der Waals surface area contributed by atoms with Crippen LogP contribution in [0.5, 0.6) is 11.5 Å². The fraction of sp³-hybridized carbons (Fsp3) is 0.429. The Balaban J connectivity index is 1.65. The molecule has 0 saturated heterocycles. The molecule has 3 aromatic rings. The van der Waals surface area contributed by atoms with Crippen LogP contribution in [0.15, 0.2) is 78.9 Å². The van der Waals surface area contributed by atoms with Gasteiger partial charge in [-0.15, -0.1) is 0 Å². The normalized spacial score (nSPS) is 14.6. The molecule has 1 unspecified atom stereocenters. The van der Waals surface area contributed by atoms with Gasteiger partial charge >= 0.3 is 0 Å². The second-order valence-electron chi connectivity index (χ2n) is 12.0. The maximum Gasteiger partial charge on any atom is 0.261 e. The van der Waals surface area contributed by atoms with Crippen LogP contribution in [0.25, 0.3) is 0 Å². The highest BCUT2D eigenvalue weighted by molar-refractivity contribution is 5.88. The molecule has 0 spiro atoms. The van der Waals surface area contributed by atoms with E-state index in [2.05, 4.69) is 26.1 Å². The minimum absolute atomic E-state index is 0.118. The van der Waals surface area contributed by atoms with Gasteiger partial charge in [0, 0.05) is 19.0 Å². The number of hydrogen-bond donors (Lipinski definition) is 1. The van der Waals surface area contributed by atoms with E-state index in [1.54, 1.807) is 12.0 Å². The van der Waals surface area contributed by atoms with Crippen molar-refractivity contribution in [3.8, 4) is 11.5 Å². The molecule has 6 nitrogen and oxygen atoms in total. The Hall–Kier alpha value is -3.80. The number of amides is 2. The Kier molecular flexibility index (Phi) is 10.4. The largest absolute Gasteiger partial charge is 0.497 e. The van der Waals surface area contributed by atoms with E-state index in [1.165, 1.54) is 6.42 Å². The molecule has 1 aliphatic rings. The number of para-hydroxylation sites is 1. The van der Waals surface area contributed by atoms with Crippen LogP contribution in [0.1, 0.15) is 69.6 Å². The van der Waals surface area contributed by atoms with Crippen LogP contribution in [-0.2, 0) is 28.0 Å². The van der Waals surface area contributed by atoms with Crippen molar-refractivity contribution in [2.45, 2.75) is 83.3 Å². The quantitative estimate of drug-likeness (QED) is 0.294. The molecule has 0 aromatic heterocycles. The van der Waals surface area contributed by atoms with Crippen LogP contribution in [0, 0.1) is 0 Å². The van der Waals surface area contributed by atoms with Crippen molar-refractivity contribution >= 4 is 11.8 Å². The maximum absolute atomic E-state index is 14.1. The minimum Gasteiger partial charge on any atom is -0.497 e. The van der Waals surface area contributed by atoms with Crippen LogP contribution in [-0.4, -0.2) is 42.5 Å². The molecule has 0 heterocycles. The van der Waals surface area contributed by atoms with Gasteiger partial charge < -0.3 is 19.7 Å². The van der Waals surface area contributed by atoms with Crippen molar-refractivity contribution in [3.63, 3.8) is 0 Å². The number of carbonyl (C=O) groups excluding carboxylic acids is 2. The summed E-state index contributed by atoms with van der Waals surface area (Å²) in [6, 6.07) is 24.8. The fourth-order valence-electron chi connectivity index (χ4n) is 5.50. The SMILES string of the molecule is COc1cccc(CN(C(=O)COc2ccccc2C(C)(C)C)C(Cc2ccccc2)C(=O)NC2CCCCC2)c1. The third-order valence-corrected chi connectivity index (χ3v) is 7.76. The molecule has 0 aliphatic heterocycles. The Morgan fingerprint density at radius 2 is 1.59 bits per heavy atom. The first-order chi connectivity index (χ1) is 19.7. The average molecular weight is 557 g/mol. The van der Waals surface area contributed by atoms with Gasteiger partial charge in [0.05, 0.1) is 7.11 Å². The standard InChI is InChI=1S/C35H44N2O4/c1-35(2,3)30-20-11-12-21-32(30)41-25-33(38)37(24-27-16-13-19-29(22-27)40-4)31(23-26-14-7-5-8-15-26)34(39)36-28-17-9-6-10-18-28/h5,7-8,11-16,19-22,28,31H,6,9-10,17-18,23-25H2,1-4H3,(H,36,39). The number of hydrogen-bond acceptors (Lipinski definition) is 4. The summed E-state index contributed by atoms with van der Waals surface area (Å²) < 4.78 is 11.6. The highest BCUT2D eigenvalue weighted by atomic mass is 16.5. The Morgan fingerprint density at radius 1 is 0.902 bits per heavy atom. The van der Waals surface area contributed by atoms with Crippen molar-refractivity contribution in [1.82, 2.24) is 10.2 Å². The zero-order valence-corrected chi connectivity index (χ0v) is 24.9. The molecular weight excluding hydrogens is 512 g/mol. The van der Waals surface area contributed by atoms with Crippen LogP contribution in [0.2, 0.25) is 0 Å². The van der Waals surface area contributed by atoms with Crippen molar-refractivity contribution in [2.75, 3.05) is 13.7 Å². The number of nitrogens with one attached hydrogen (secondary N) is 1. The molecule has 1 aliphatic carbocycles. The van der Waals surface area contributed by atoms with E-state index in [4.69, 9.17) is 9.47 Å². The molecule has 1 saturated carbocycles. The lowest BCUT2D eigenvalue weighted by molar-refractivity contribution is -0.143. The first kappa shape index (κ1) is 30.2. The van der Waals surface area contributed by atoms with Crippen molar-refractivity contribution in [1.29, 1.82) is 0 Å². The van der Waals surface area contributed by atoms with Gasteiger partial charge in [-0.1, -0.05) is 101 Å². The minimum atomic E-state index is -0.695. The molecular formula is C35H44N2O4. The van der Waals surface area contributed by atoms with Gasteiger partial charge in [0.15, 0.2) is 6.61 Å². The first-order valence-electron chi connectivity index (χ1n) is 14.7. The molecule has 218 valence electrons. The molecule has 2 amide bonds. The number of methoxy groups -OCH3 is 1. The number of carbonyl (C=O) groups is 2. The van der Waals surface area contributed by atoms with Crippen molar-refractivity contribution < 1.29 is 19.1 Å². The van der Waals surface area contributed by atoms with E-state index in [0.29, 0.717) is 17.9 Å². The van der Waals surface area contributed by atoms with Crippen LogP contribution in [0.4, 0.5) is 0 Å². The lowest BCUT2D eigenvalue weighted by Crippen LogP contribution is -2.53. The maximum atomic E-state index is 14.1. The lowest BCUT2D eigenvalue weighted by Gasteiger charge is -2.33. The van der Waals surface area contributed by atoms with Gasteiger partial charge in [0.1, 0.15) is 17.5 Å².